The molecule has 0 amide bonds. The Kier molecular flexibility index (Phi) is 5.58. The minimum atomic E-state index is 0.624. The Labute approximate surface area is 154 Å². The van der Waals surface area contributed by atoms with Crippen LogP contribution in [-0.2, 0) is 12.8 Å². The van der Waals surface area contributed by atoms with Crippen LogP contribution in [0.5, 0.6) is 5.75 Å². The van der Waals surface area contributed by atoms with Crippen molar-refractivity contribution in [2.75, 3.05) is 6.61 Å². The van der Waals surface area contributed by atoms with Crippen LogP contribution in [0.15, 0.2) is 58.2 Å². The average Bonchev–Trinajstić information content (AvgIpc) is 2.95. The van der Waals surface area contributed by atoms with E-state index >= 15 is 0 Å². The Morgan fingerprint density at radius 3 is 2.75 bits per heavy atom. The van der Waals surface area contributed by atoms with Crippen molar-refractivity contribution < 1.29 is 4.74 Å². The Morgan fingerprint density at radius 2 is 1.96 bits per heavy atom. The Balaban J connectivity index is 1.81. The second kappa shape index (κ2) is 7.85. The van der Waals surface area contributed by atoms with Crippen LogP contribution in [0.4, 0.5) is 0 Å². The quantitative estimate of drug-likeness (QED) is 0.546. The van der Waals surface area contributed by atoms with Gasteiger partial charge in [0.15, 0.2) is 11.0 Å². The molecule has 0 radical (unpaired) electrons. The van der Waals surface area contributed by atoms with E-state index < -0.39 is 0 Å². The third-order valence-corrected chi connectivity index (χ3v) is 5.10. The lowest BCUT2D eigenvalue weighted by Gasteiger charge is -2.09. The molecule has 1 aromatic heterocycles. The molecule has 0 aliphatic carbocycles. The van der Waals surface area contributed by atoms with Crippen molar-refractivity contribution in [2.45, 2.75) is 17.8 Å². The van der Waals surface area contributed by atoms with Crippen molar-refractivity contribution in [1.29, 1.82) is 0 Å². The average molecular weight is 404 g/mol. The molecule has 24 heavy (non-hydrogen) atoms. The van der Waals surface area contributed by atoms with Crippen LogP contribution < -0.4 is 4.74 Å². The first-order valence-corrected chi connectivity index (χ1v) is 9.45. The summed E-state index contributed by atoms with van der Waals surface area (Å²) in [5, 5.41) is 9.59. The molecule has 0 aliphatic rings. The Hall–Kier alpha value is -1.79. The van der Waals surface area contributed by atoms with Crippen LogP contribution in [0, 0.1) is 0 Å². The molecular weight excluding hydrogens is 386 g/mol. The van der Waals surface area contributed by atoms with Crippen molar-refractivity contribution in [3.05, 3.63) is 58.6 Å². The lowest BCUT2D eigenvalue weighted by atomic mass is 10.2. The van der Waals surface area contributed by atoms with E-state index in [-0.39, 0.29) is 0 Å². The topological polar surface area (TPSA) is 39.9 Å². The van der Waals surface area contributed by atoms with Crippen LogP contribution in [-0.4, -0.2) is 21.4 Å². The zero-order valence-electron chi connectivity index (χ0n) is 13.6. The maximum Gasteiger partial charge on any atom is 0.191 e. The summed E-state index contributed by atoms with van der Waals surface area (Å²) in [6.07, 6.45) is 0. The number of hydrogen-bond donors (Lipinski definition) is 0. The minimum Gasteiger partial charge on any atom is -0.493 e. The van der Waals surface area contributed by atoms with Gasteiger partial charge >= 0.3 is 0 Å². The highest BCUT2D eigenvalue weighted by Gasteiger charge is 2.15. The highest BCUT2D eigenvalue weighted by molar-refractivity contribution is 9.10. The standard InChI is InChI=1S/C18H18BrN3OS/c1-3-23-16-10-5-4-9-15(16)17-20-21-18(22(17)2)24-12-13-7-6-8-14(19)11-13/h4-11H,3,12H2,1-2H3. The lowest BCUT2D eigenvalue weighted by Crippen LogP contribution is -1.99. The van der Waals surface area contributed by atoms with E-state index in [9.17, 15) is 0 Å². The van der Waals surface area contributed by atoms with Gasteiger partial charge in [0, 0.05) is 17.3 Å². The Morgan fingerprint density at radius 1 is 1.12 bits per heavy atom. The van der Waals surface area contributed by atoms with Gasteiger partial charge in [-0.25, -0.2) is 0 Å². The first-order valence-electron chi connectivity index (χ1n) is 7.68. The molecule has 0 N–H and O–H groups in total. The molecule has 0 fully saturated rings. The summed E-state index contributed by atoms with van der Waals surface area (Å²) < 4.78 is 8.81. The molecule has 6 heteroatoms. The first-order chi connectivity index (χ1) is 11.7. The number of nitrogens with zero attached hydrogens (tertiary/aromatic N) is 3. The summed E-state index contributed by atoms with van der Waals surface area (Å²) in [4.78, 5) is 0. The van der Waals surface area contributed by atoms with Gasteiger partial charge in [0.1, 0.15) is 5.75 Å². The van der Waals surface area contributed by atoms with Gasteiger partial charge in [0.25, 0.3) is 0 Å². The number of thioether (sulfide) groups is 1. The molecular formula is C18H18BrN3OS. The normalized spacial score (nSPS) is 10.8. The Bertz CT molecular complexity index is 835. The molecule has 0 atom stereocenters. The van der Waals surface area contributed by atoms with Gasteiger partial charge in [-0.1, -0.05) is 52.0 Å². The van der Waals surface area contributed by atoms with Crippen molar-refractivity contribution in [3.8, 4) is 17.1 Å². The van der Waals surface area contributed by atoms with Gasteiger partial charge < -0.3 is 9.30 Å². The van der Waals surface area contributed by atoms with Gasteiger partial charge in [-0.15, -0.1) is 10.2 Å². The van der Waals surface area contributed by atoms with Crippen LogP contribution in [0.1, 0.15) is 12.5 Å². The number of para-hydroxylation sites is 1. The van der Waals surface area contributed by atoms with Crippen LogP contribution in [0.25, 0.3) is 11.4 Å². The number of aromatic nitrogens is 3. The molecule has 0 saturated heterocycles. The van der Waals surface area contributed by atoms with E-state index in [0.717, 1.165) is 32.5 Å². The lowest BCUT2D eigenvalue weighted by molar-refractivity contribution is 0.341. The van der Waals surface area contributed by atoms with Crippen LogP contribution in [0.2, 0.25) is 0 Å². The molecule has 0 spiro atoms. The highest BCUT2D eigenvalue weighted by atomic mass is 79.9. The predicted octanol–water partition coefficient (Wildman–Crippen LogP) is 4.94. The van der Waals surface area contributed by atoms with Crippen LogP contribution in [0.3, 0.4) is 0 Å². The van der Waals surface area contributed by atoms with Crippen LogP contribution >= 0.6 is 27.7 Å². The number of benzene rings is 2. The van der Waals surface area contributed by atoms with E-state index in [4.69, 9.17) is 4.74 Å². The summed E-state index contributed by atoms with van der Waals surface area (Å²) in [6.45, 7) is 2.60. The summed E-state index contributed by atoms with van der Waals surface area (Å²) in [5.41, 5.74) is 2.21. The van der Waals surface area contributed by atoms with Gasteiger partial charge in [-0.05, 0) is 36.8 Å². The van der Waals surface area contributed by atoms with Gasteiger partial charge in [-0.3, -0.25) is 0 Å². The molecule has 0 saturated carbocycles. The van der Waals surface area contributed by atoms with E-state index in [1.165, 1.54) is 5.56 Å². The smallest absolute Gasteiger partial charge is 0.191 e. The number of ether oxygens (including phenoxy) is 1. The van der Waals surface area contributed by atoms with E-state index in [1.54, 1.807) is 11.8 Å². The summed E-state index contributed by atoms with van der Waals surface area (Å²) in [5.74, 6) is 2.49. The summed E-state index contributed by atoms with van der Waals surface area (Å²) in [6, 6.07) is 16.2. The third-order valence-electron chi connectivity index (χ3n) is 3.52. The van der Waals surface area contributed by atoms with E-state index in [2.05, 4.69) is 38.3 Å². The van der Waals surface area contributed by atoms with Crippen molar-refractivity contribution in [2.24, 2.45) is 7.05 Å². The summed E-state index contributed by atoms with van der Waals surface area (Å²) >= 11 is 5.18. The van der Waals surface area contributed by atoms with Crippen molar-refractivity contribution in [3.63, 3.8) is 0 Å². The second-order valence-electron chi connectivity index (χ2n) is 5.21. The molecule has 3 aromatic rings. The SMILES string of the molecule is CCOc1ccccc1-c1nnc(SCc2cccc(Br)c2)n1C. The highest BCUT2D eigenvalue weighted by Crippen LogP contribution is 2.31. The maximum absolute atomic E-state index is 5.71. The van der Waals surface area contributed by atoms with Gasteiger partial charge in [-0.2, -0.15) is 0 Å². The largest absolute Gasteiger partial charge is 0.493 e. The molecule has 124 valence electrons. The number of hydrogen-bond acceptors (Lipinski definition) is 4. The van der Waals surface area contributed by atoms with Crippen molar-refractivity contribution in [1.82, 2.24) is 14.8 Å². The van der Waals surface area contributed by atoms with Gasteiger partial charge in [0.2, 0.25) is 0 Å². The fourth-order valence-corrected chi connectivity index (χ4v) is 3.68. The predicted molar refractivity (Wildman–Crippen MR) is 101 cm³/mol. The molecule has 1 heterocycles. The zero-order valence-corrected chi connectivity index (χ0v) is 16.0. The monoisotopic (exact) mass is 403 g/mol. The van der Waals surface area contributed by atoms with E-state index in [1.807, 2.05) is 54.9 Å². The first kappa shape index (κ1) is 17.0. The number of rotatable bonds is 6. The number of halogens is 1. The summed E-state index contributed by atoms with van der Waals surface area (Å²) in [7, 11) is 1.99. The molecule has 4 nitrogen and oxygen atoms in total. The fourth-order valence-electron chi connectivity index (χ4n) is 2.38. The molecule has 0 aliphatic heterocycles. The molecule has 2 aromatic carbocycles. The minimum absolute atomic E-state index is 0.624. The third kappa shape index (κ3) is 3.82. The maximum atomic E-state index is 5.71. The van der Waals surface area contributed by atoms with Crippen molar-refractivity contribution >= 4 is 27.7 Å². The fraction of sp³-hybridized carbons (Fsp3) is 0.222. The molecule has 0 unspecified atom stereocenters. The molecule has 0 bridgehead atoms. The zero-order chi connectivity index (χ0) is 16.9. The van der Waals surface area contributed by atoms with Gasteiger partial charge in [0.05, 0.1) is 12.2 Å². The second-order valence-corrected chi connectivity index (χ2v) is 7.07. The van der Waals surface area contributed by atoms with E-state index in [0.29, 0.717) is 6.61 Å². The molecule has 3 rings (SSSR count).